The van der Waals surface area contributed by atoms with Crippen molar-refractivity contribution >= 4 is 28.9 Å². The first kappa shape index (κ1) is 18.7. The van der Waals surface area contributed by atoms with E-state index in [0.717, 1.165) is 61.4 Å². The number of likely N-dealkylation sites (N-methyl/N-ethyl adjacent to an activating group) is 1. The summed E-state index contributed by atoms with van der Waals surface area (Å²) in [5, 5.41) is 4.07. The lowest BCUT2D eigenvalue weighted by atomic mass is 10.2. The molecule has 2 heterocycles. The van der Waals surface area contributed by atoms with Crippen molar-refractivity contribution < 1.29 is 0 Å². The highest BCUT2D eigenvalue weighted by Crippen LogP contribution is 2.26. The molecule has 1 aliphatic heterocycles. The molecule has 0 unspecified atom stereocenters. The van der Waals surface area contributed by atoms with Crippen LogP contribution in [0.5, 0.6) is 0 Å². The van der Waals surface area contributed by atoms with Crippen LogP contribution in [0.4, 0.5) is 17.3 Å². The van der Waals surface area contributed by atoms with Crippen molar-refractivity contribution in [3.63, 3.8) is 0 Å². The average Bonchev–Trinajstić information content (AvgIpc) is 2.74. The molecule has 3 aromatic rings. The third kappa shape index (κ3) is 4.43. The van der Waals surface area contributed by atoms with E-state index in [1.165, 1.54) is 0 Å². The maximum Gasteiger partial charge on any atom is 0.163 e. The summed E-state index contributed by atoms with van der Waals surface area (Å²) in [6, 6.07) is 19.8. The van der Waals surface area contributed by atoms with Gasteiger partial charge < -0.3 is 15.1 Å². The third-order valence-electron chi connectivity index (χ3n) is 4.99. The average molecular weight is 394 g/mol. The van der Waals surface area contributed by atoms with Crippen LogP contribution in [-0.2, 0) is 0 Å². The van der Waals surface area contributed by atoms with Gasteiger partial charge in [-0.3, -0.25) is 0 Å². The molecular weight excluding hydrogens is 370 g/mol. The highest BCUT2D eigenvalue weighted by molar-refractivity contribution is 6.30. The largest absolute Gasteiger partial charge is 0.354 e. The zero-order valence-electron chi connectivity index (χ0n) is 16.0. The van der Waals surface area contributed by atoms with Gasteiger partial charge in [0, 0.05) is 48.5 Å². The minimum absolute atomic E-state index is 0.693. The number of nitrogens with one attached hydrogen (secondary N) is 1. The molecule has 0 spiro atoms. The van der Waals surface area contributed by atoms with Crippen LogP contribution in [0, 0.1) is 0 Å². The lowest BCUT2D eigenvalue weighted by Crippen LogP contribution is -2.46. The smallest absolute Gasteiger partial charge is 0.163 e. The molecule has 1 saturated heterocycles. The molecule has 0 amide bonds. The second-order valence-electron chi connectivity index (χ2n) is 6.86. The first-order chi connectivity index (χ1) is 13.7. The van der Waals surface area contributed by atoms with Gasteiger partial charge in [-0.2, -0.15) is 0 Å². The van der Waals surface area contributed by atoms with Gasteiger partial charge in [-0.05, 0) is 24.7 Å². The quantitative estimate of drug-likeness (QED) is 0.681. The maximum atomic E-state index is 6.13. The molecule has 1 aromatic heterocycles. The molecule has 1 aliphatic rings. The number of piperazine rings is 1. The minimum Gasteiger partial charge on any atom is -0.354 e. The van der Waals surface area contributed by atoms with E-state index in [2.05, 4.69) is 22.0 Å². The minimum atomic E-state index is 0.693. The van der Waals surface area contributed by atoms with Crippen LogP contribution in [0.3, 0.4) is 0 Å². The van der Waals surface area contributed by atoms with Gasteiger partial charge in [-0.25, -0.2) is 9.97 Å². The molecule has 0 atom stereocenters. The Bertz CT molecular complexity index is 923. The highest BCUT2D eigenvalue weighted by Gasteiger charge is 2.19. The molecule has 1 N–H and O–H groups in total. The number of anilines is 3. The standard InChI is InChI=1S/C22H24ClN5/c1-2-27-11-13-28(14-12-27)21-16-20(24-19-10-6-9-18(23)15-19)25-22(26-21)17-7-4-3-5-8-17/h3-10,15-16H,2,11-14H2,1H3,(H,24,25,26). The van der Waals surface area contributed by atoms with Crippen molar-refractivity contribution in [3.8, 4) is 11.4 Å². The molecule has 0 aliphatic carbocycles. The van der Waals surface area contributed by atoms with E-state index in [1.54, 1.807) is 0 Å². The van der Waals surface area contributed by atoms with E-state index in [1.807, 2.05) is 60.7 Å². The van der Waals surface area contributed by atoms with Crippen LogP contribution in [0.2, 0.25) is 5.02 Å². The topological polar surface area (TPSA) is 44.3 Å². The molecular formula is C22H24ClN5. The third-order valence-corrected chi connectivity index (χ3v) is 5.22. The number of rotatable bonds is 5. The van der Waals surface area contributed by atoms with Crippen LogP contribution < -0.4 is 10.2 Å². The molecule has 0 bridgehead atoms. The predicted molar refractivity (Wildman–Crippen MR) is 117 cm³/mol. The Morgan fingerprint density at radius 3 is 2.43 bits per heavy atom. The fourth-order valence-electron chi connectivity index (χ4n) is 3.38. The summed E-state index contributed by atoms with van der Waals surface area (Å²) < 4.78 is 0. The van der Waals surface area contributed by atoms with Gasteiger partial charge in [0.25, 0.3) is 0 Å². The fourth-order valence-corrected chi connectivity index (χ4v) is 3.57. The normalized spacial score (nSPS) is 14.9. The molecule has 4 rings (SSSR count). The summed E-state index contributed by atoms with van der Waals surface area (Å²) in [6.45, 7) is 7.34. The van der Waals surface area contributed by atoms with Gasteiger partial charge in [0.2, 0.25) is 0 Å². The van der Waals surface area contributed by atoms with Crippen molar-refractivity contribution in [2.75, 3.05) is 42.9 Å². The van der Waals surface area contributed by atoms with E-state index in [0.29, 0.717) is 5.02 Å². The Balaban J connectivity index is 1.67. The molecule has 6 heteroatoms. The lowest BCUT2D eigenvalue weighted by molar-refractivity contribution is 0.270. The Kier molecular flexibility index (Phi) is 5.74. The van der Waals surface area contributed by atoms with Gasteiger partial charge in [0.15, 0.2) is 5.82 Å². The Hall–Kier alpha value is -2.63. The fraction of sp³-hybridized carbons (Fsp3) is 0.273. The monoisotopic (exact) mass is 393 g/mol. The molecule has 144 valence electrons. The van der Waals surface area contributed by atoms with Crippen molar-refractivity contribution in [3.05, 3.63) is 65.7 Å². The summed E-state index contributed by atoms with van der Waals surface area (Å²) in [5.41, 5.74) is 1.91. The van der Waals surface area contributed by atoms with E-state index >= 15 is 0 Å². The van der Waals surface area contributed by atoms with Crippen LogP contribution >= 0.6 is 11.6 Å². The molecule has 1 fully saturated rings. The number of halogens is 1. The Morgan fingerprint density at radius 2 is 1.71 bits per heavy atom. The Labute approximate surface area is 171 Å². The van der Waals surface area contributed by atoms with Crippen LogP contribution in [0.25, 0.3) is 11.4 Å². The van der Waals surface area contributed by atoms with Gasteiger partial charge >= 0.3 is 0 Å². The number of hydrogen-bond donors (Lipinski definition) is 1. The Morgan fingerprint density at radius 1 is 0.929 bits per heavy atom. The summed E-state index contributed by atoms with van der Waals surface area (Å²) in [5.74, 6) is 2.44. The zero-order valence-corrected chi connectivity index (χ0v) is 16.7. The van der Waals surface area contributed by atoms with E-state index in [4.69, 9.17) is 21.6 Å². The van der Waals surface area contributed by atoms with Crippen molar-refractivity contribution in [1.82, 2.24) is 14.9 Å². The van der Waals surface area contributed by atoms with Gasteiger partial charge in [-0.1, -0.05) is 54.9 Å². The molecule has 2 aromatic carbocycles. The van der Waals surface area contributed by atoms with Crippen molar-refractivity contribution in [2.45, 2.75) is 6.92 Å². The summed E-state index contributed by atoms with van der Waals surface area (Å²) in [7, 11) is 0. The summed E-state index contributed by atoms with van der Waals surface area (Å²) in [4.78, 5) is 14.4. The van der Waals surface area contributed by atoms with E-state index in [9.17, 15) is 0 Å². The van der Waals surface area contributed by atoms with Gasteiger partial charge in [0.05, 0.1) is 0 Å². The van der Waals surface area contributed by atoms with E-state index < -0.39 is 0 Å². The molecule has 5 nitrogen and oxygen atoms in total. The molecule has 0 saturated carbocycles. The second-order valence-corrected chi connectivity index (χ2v) is 7.29. The number of benzene rings is 2. The lowest BCUT2D eigenvalue weighted by Gasteiger charge is -2.35. The second kappa shape index (κ2) is 8.59. The first-order valence-electron chi connectivity index (χ1n) is 9.65. The van der Waals surface area contributed by atoms with Crippen molar-refractivity contribution in [1.29, 1.82) is 0 Å². The SMILES string of the molecule is CCN1CCN(c2cc(Nc3cccc(Cl)c3)nc(-c3ccccc3)n2)CC1. The van der Waals surface area contributed by atoms with Crippen molar-refractivity contribution in [2.24, 2.45) is 0 Å². The highest BCUT2D eigenvalue weighted by atomic mass is 35.5. The number of nitrogens with zero attached hydrogens (tertiary/aromatic N) is 4. The molecule has 28 heavy (non-hydrogen) atoms. The first-order valence-corrected chi connectivity index (χ1v) is 10.0. The van der Waals surface area contributed by atoms with Gasteiger partial charge in [0.1, 0.15) is 11.6 Å². The zero-order chi connectivity index (χ0) is 19.3. The summed E-state index contributed by atoms with van der Waals surface area (Å²) >= 11 is 6.13. The van der Waals surface area contributed by atoms with Crippen LogP contribution in [-0.4, -0.2) is 47.6 Å². The predicted octanol–water partition coefficient (Wildman–Crippen LogP) is 4.68. The number of hydrogen-bond acceptors (Lipinski definition) is 5. The molecule has 0 radical (unpaired) electrons. The summed E-state index contributed by atoms with van der Waals surface area (Å²) in [6.07, 6.45) is 0. The van der Waals surface area contributed by atoms with Crippen LogP contribution in [0.15, 0.2) is 60.7 Å². The number of aromatic nitrogens is 2. The maximum absolute atomic E-state index is 6.13. The van der Waals surface area contributed by atoms with Crippen LogP contribution in [0.1, 0.15) is 6.92 Å². The van der Waals surface area contributed by atoms with E-state index in [-0.39, 0.29) is 0 Å². The van der Waals surface area contributed by atoms with Gasteiger partial charge in [-0.15, -0.1) is 0 Å².